The molecule has 0 aromatic heterocycles. The Morgan fingerprint density at radius 2 is 1.00 bits per heavy atom. The van der Waals surface area contributed by atoms with Gasteiger partial charge in [0.25, 0.3) is 0 Å². The van der Waals surface area contributed by atoms with Crippen LogP contribution in [0.3, 0.4) is 0 Å². The molecule has 3 aromatic rings. The van der Waals surface area contributed by atoms with Crippen molar-refractivity contribution >= 4 is 43.5 Å². The highest BCUT2D eigenvalue weighted by Crippen LogP contribution is 2.47. The maximum atomic E-state index is 13.2. The Balaban J connectivity index is 1.98. The van der Waals surface area contributed by atoms with Crippen LogP contribution < -0.4 is 0 Å². The zero-order valence-electron chi connectivity index (χ0n) is 14.8. The largest absolute Gasteiger partial charge is 0.416 e. The maximum absolute atomic E-state index is 13.2. The van der Waals surface area contributed by atoms with Crippen LogP contribution in [0.5, 0.6) is 0 Å². The molecule has 0 saturated carbocycles. The minimum absolute atomic E-state index is 0.131. The summed E-state index contributed by atoms with van der Waals surface area (Å²) >= 11 is 6.76. The van der Waals surface area contributed by atoms with E-state index < -0.39 is 23.5 Å². The molecule has 0 atom stereocenters. The van der Waals surface area contributed by atoms with Crippen molar-refractivity contribution in [1.29, 1.82) is 0 Å². The summed E-state index contributed by atoms with van der Waals surface area (Å²) in [5.41, 5.74) is 0.856. The van der Waals surface area contributed by atoms with Gasteiger partial charge in [0.2, 0.25) is 0 Å². The minimum atomic E-state index is -4.90. The summed E-state index contributed by atoms with van der Waals surface area (Å²) < 4.78 is 80.9. The number of fused-ring (bicyclic) bond motifs is 3. The van der Waals surface area contributed by atoms with E-state index in [0.29, 0.717) is 5.57 Å². The van der Waals surface area contributed by atoms with Gasteiger partial charge in [0, 0.05) is 8.95 Å². The topological polar surface area (TPSA) is 0 Å². The van der Waals surface area contributed by atoms with Crippen molar-refractivity contribution in [3.63, 3.8) is 0 Å². The second kappa shape index (κ2) is 7.27. The Labute approximate surface area is 184 Å². The molecule has 8 heteroatoms. The van der Waals surface area contributed by atoms with Gasteiger partial charge in [-0.25, -0.2) is 0 Å². The first-order chi connectivity index (χ1) is 13.9. The number of benzene rings is 3. The van der Waals surface area contributed by atoms with Crippen molar-refractivity contribution in [1.82, 2.24) is 0 Å². The molecule has 0 radical (unpaired) electrons. The van der Waals surface area contributed by atoms with Gasteiger partial charge in [-0.15, -0.1) is 0 Å². The molecule has 0 fully saturated rings. The smallest absolute Gasteiger partial charge is 0.166 e. The van der Waals surface area contributed by atoms with Gasteiger partial charge >= 0.3 is 12.4 Å². The Hall–Kier alpha value is -2.06. The minimum Gasteiger partial charge on any atom is -0.166 e. The summed E-state index contributed by atoms with van der Waals surface area (Å²) in [5.74, 6) is 0. The zero-order valence-corrected chi connectivity index (χ0v) is 18.0. The van der Waals surface area contributed by atoms with Crippen LogP contribution in [0, 0.1) is 0 Å². The molecule has 4 rings (SSSR count). The highest BCUT2D eigenvalue weighted by atomic mass is 79.9. The van der Waals surface area contributed by atoms with Gasteiger partial charge < -0.3 is 0 Å². The molecule has 0 saturated heterocycles. The van der Waals surface area contributed by atoms with Crippen LogP contribution in [0.15, 0.2) is 63.5 Å². The summed E-state index contributed by atoms with van der Waals surface area (Å²) in [6, 6.07) is 12.6. The summed E-state index contributed by atoms with van der Waals surface area (Å²) in [5, 5.41) is 0. The van der Waals surface area contributed by atoms with E-state index in [1.54, 1.807) is 12.1 Å². The first-order valence-corrected chi connectivity index (χ1v) is 10.1. The third-order valence-electron chi connectivity index (χ3n) is 4.75. The third-order valence-corrected chi connectivity index (χ3v) is 5.74. The summed E-state index contributed by atoms with van der Waals surface area (Å²) in [6.07, 6.45) is -8.42. The number of hydrogen-bond acceptors (Lipinski definition) is 0. The van der Waals surface area contributed by atoms with Gasteiger partial charge in [0.1, 0.15) is 0 Å². The lowest BCUT2D eigenvalue weighted by Gasteiger charge is -2.13. The molecule has 30 heavy (non-hydrogen) atoms. The Morgan fingerprint density at radius 3 is 1.40 bits per heavy atom. The van der Waals surface area contributed by atoms with E-state index in [-0.39, 0.29) is 11.6 Å². The van der Waals surface area contributed by atoms with Crippen molar-refractivity contribution in [3.8, 4) is 11.1 Å². The van der Waals surface area contributed by atoms with Crippen LogP contribution in [-0.4, -0.2) is 0 Å². The van der Waals surface area contributed by atoms with E-state index in [1.807, 2.05) is 24.3 Å². The Bertz CT molecular complexity index is 1100. The predicted octanol–water partition coefficient (Wildman–Crippen LogP) is 8.82. The van der Waals surface area contributed by atoms with E-state index in [9.17, 15) is 26.3 Å². The molecule has 0 heterocycles. The average Bonchev–Trinajstić information content (AvgIpc) is 2.92. The average molecular weight is 548 g/mol. The van der Waals surface area contributed by atoms with Crippen molar-refractivity contribution < 1.29 is 26.3 Å². The maximum Gasteiger partial charge on any atom is 0.416 e. The number of halogens is 8. The lowest BCUT2D eigenvalue weighted by atomic mass is 9.98. The fourth-order valence-electron chi connectivity index (χ4n) is 3.48. The second-order valence-electron chi connectivity index (χ2n) is 6.78. The molecule has 1 aliphatic carbocycles. The van der Waals surface area contributed by atoms with Crippen LogP contribution in [0.25, 0.3) is 22.8 Å². The van der Waals surface area contributed by atoms with Crippen molar-refractivity contribution in [2.45, 2.75) is 12.4 Å². The fraction of sp³-hybridized carbons (Fsp3) is 0.0909. The standard InChI is InChI=1S/C22H10Br2F6/c23-14-1-3-16-17-4-2-15(24)10-20(17)18(19(16)9-14)7-11-5-12(21(25,26)27)8-13(6-11)22(28,29)30/h1-10H. The van der Waals surface area contributed by atoms with Crippen LogP contribution >= 0.6 is 31.9 Å². The molecule has 0 spiro atoms. The first-order valence-electron chi connectivity index (χ1n) is 8.55. The number of alkyl halides is 6. The quantitative estimate of drug-likeness (QED) is 0.209. The normalized spacial score (nSPS) is 13.3. The Morgan fingerprint density at radius 1 is 0.567 bits per heavy atom. The molecule has 0 unspecified atom stereocenters. The van der Waals surface area contributed by atoms with Gasteiger partial charge in [0.15, 0.2) is 0 Å². The van der Waals surface area contributed by atoms with E-state index in [4.69, 9.17) is 0 Å². The summed E-state index contributed by atoms with van der Waals surface area (Å²) in [7, 11) is 0. The van der Waals surface area contributed by atoms with Crippen LogP contribution in [0.2, 0.25) is 0 Å². The van der Waals surface area contributed by atoms with Gasteiger partial charge in [0.05, 0.1) is 11.1 Å². The summed E-state index contributed by atoms with van der Waals surface area (Å²) in [6.45, 7) is 0. The Kier molecular flexibility index (Phi) is 5.13. The molecule has 1 aliphatic rings. The van der Waals surface area contributed by atoms with Crippen molar-refractivity contribution in [2.24, 2.45) is 0 Å². The van der Waals surface area contributed by atoms with Gasteiger partial charge in [-0.3, -0.25) is 0 Å². The van der Waals surface area contributed by atoms with Gasteiger partial charge in [-0.2, -0.15) is 26.3 Å². The molecular weight excluding hydrogens is 538 g/mol. The predicted molar refractivity (Wildman–Crippen MR) is 111 cm³/mol. The lowest BCUT2D eigenvalue weighted by molar-refractivity contribution is -0.143. The van der Waals surface area contributed by atoms with E-state index in [0.717, 1.165) is 43.3 Å². The van der Waals surface area contributed by atoms with Crippen molar-refractivity contribution in [3.05, 3.63) is 91.4 Å². The molecule has 0 nitrogen and oxygen atoms in total. The number of rotatable bonds is 1. The van der Waals surface area contributed by atoms with Crippen LogP contribution in [-0.2, 0) is 12.4 Å². The first kappa shape index (κ1) is 21.2. The van der Waals surface area contributed by atoms with Crippen LogP contribution in [0.4, 0.5) is 26.3 Å². The van der Waals surface area contributed by atoms with E-state index >= 15 is 0 Å². The molecule has 154 valence electrons. The number of hydrogen-bond donors (Lipinski definition) is 0. The fourth-order valence-corrected chi connectivity index (χ4v) is 4.20. The lowest BCUT2D eigenvalue weighted by Crippen LogP contribution is -2.11. The monoisotopic (exact) mass is 546 g/mol. The SMILES string of the molecule is FC(F)(F)c1cc(C=C2c3cc(Br)ccc3-c3ccc(Br)cc32)cc(C(F)(F)F)c1. The van der Waals surface area contributed by atoms with Gasteiger partial charge in [-0.1, -0.05) is 44.0 Å². The molecule has 0 N–H and O–H groups in total. The third kappa shape index (κ3) is 3.95. The zero-order chi connectivity index (χ0) is 21.8. The molecule has 0 bridgehead atoms. The second-order valence-corrected chi connectivity index (χ2v) is 8.61. The van der Waals surface area contributed by atoms with E-state index in [1.165, 1.54) is 6.08 Å². The highest BCUT2D eigenvalue weighted by molar-refractivity contribution is 9.10. The summed E-state index contributed by atoms with van der Waals surface area (Å²) in [4.78, 5) is 0. The highest BCUT2D eigenvalue weighted by Gasteiger charge is 2.37. The molecule has 0 aliphatic heterocycles. The van der Waals surface area contributed by atoms with Gasteiger partial charge in [-0.05, 0) is 81.9 Å². The molecule has 0 amide bonds. The van der Waals surface area contributed by atoms with Crippen molar-refractivity contribution in [2.75, 3.05) is 0 Å². The van der Waals surface area contributed by atoms with E-state index in [2.05, 4.69) is 31.9 Å². The molecular formula is C22H10Br2F6. The molecule has 3 aromatic carbocycles. The van der Waals surface area contributed by atoms with Crippen LogP contribution in [0.1, 0.15) is 27.8 Å².